The Bertz CT molecular complexity index is 978. The zero-order chi connectivity index (χ0) is 15.1. The van der Waals surface area contributed by atoms with Gasteiger partial charge in [-0.05, 0) is 36.5 Å². The Hall–Kier alpha value is -2.44. The first-order valence-electron chi connectivity index (χ1n) is 6.76. The first-order valence-corrected chi connectivity index (χ1v) is 7.98. The Morgan fingerprint density at radius 3 is 2.55 bits per heavy atom. The maximum absolute atomic E-state index is 6.34. The van der Waals surface area contributed by atoms with Crippen LogP contribution in [-0.4, -0.2) is 14.5 Å². The van der Waals surface area contributed by atoms with Gasteiger partial charge in [-0.1, -0.05) is 41.7 Å². The highest BCUT2D eigenvalue weighted by Gasteiger charge is 2.16. The minimum absolute atomic E-state index is 0.611. The van der Waals surface area contributed by atoms with Crippen LogP contribution in [0.25, 0.3) is 27.4 Å². The van der Waals surface area contributed by atoms with Crippen LogP contribution in [0.2, 0.25) is 0 Å². The van der Waals surface area contributed by atoms with E-state index in [0.29, 0.717) is 9.77 Å². The van der Waals surface area contributed by atoms with Gasteiger partial charge >= 0.3 is 0 Å². The van der Waals surface area contributed by atoms with Crippen molar-refractivity contribution >= 4 is 40.4 Å². The number of nitrogens with zero attached hydrogens (tertiary/aromatic N) is 2. The summed E-state index contributed by atoms with van der Waals surface area (Å²) in [6, 6.07) is 17.8. The molecule has 2 aromatic carbocycles. The van der Waals surface area contributed by atoms with E-state index >= 15 is 0 Å². The van der Waals surface area contributed by atoms with Crippen molar-refractivity contribution in [3.63, 3.8) is 0 Å². The van der Waals surface area contributed by atoms with Gasteiger partial charge in [-0.15, -0.1) is 0 Å². The number of imidazole rings is 1. The van der Waals surface area contributed by atoms with E-state index in [1.165, 1.54) is 11.3 Å². The molecule has 0 aliphatic rings. The summed E-state index contributed by atoms with van der Waals surface area (Å²) >= 11 is 6.95. The van der Waals surface area contributed by atoms with Gasteiger partial charge in [-0.2, -0.15) is 0 Å². The third-order valence-electron chi connectivity index (χ3n) is 3.46. The van der Waals surface area contributed by atoms with Gasteiger partial charge in [0.2, 0.25) is 0 Å². The number of hydrogen-bond acceptors (Lipinski definition) is 4. The van der Waals surface area contributed by atoms with E-state index in [4.69, 9.17) is 18.0 Å². The van der Waals surface area contributed by atoms with Gasteiger partial charge in [0.1, 0.15) is 10.7 Å². The number of H-pyrrole nitrogens is 1. The monoisotopic (exact) mass is 324 g/mol. The number of nitrogens with one attached hydrogen (secondary N) is 1. The van der Waals surface area contributed by atoms with Crippen LogP contribution in [0.1, 0.15) is 0 Å². The fraction of sp³-hybridized carbons (Fsp3) is 0. The van der Waals surface area contributed by atoms with Crippen molar-refractivity contribution in [3.8, 4) is 16.4 Å². The lowest BCUT2D eigenvalue weighted by Gasteiger charge is -2.05. The molecule has 0 atom stereocenters. The highest BCUT2D eigenvalue weighted by molar-refractivity contribution is 7.73. The van der Waals surface area contributed by atoms with Crippen molar-refractivity contribution in [2.75, 3.05) is 5.73 Å². The van der Waals surface area contributed by atoms with Crippen molar-refractivity contribution in [1.82, 2.24) is 14.5 Å². The van der Waals surface area contributed by atoms with Crippen LogP contribution in [0.15, 0.2) is 54.6 Å². The second-order valence-electron chi connectivity index (χ2n) is 4.86. The average molecular weight is 324 g/mol. The van der Waals surface area contributed by atoms with Crippen molar-refractivity contribution in [1.29, 1.82) is 0 Å². The standard InChI is InChI=1S/C16H12N4S2/c17-14-13(15-18-11-8-4-5-9-12(11)19-15)22-16(21)20(14)10-6-2-1-3-7-10/h1-9H,17H2,(H,18,19). The molecular weight excluding hydrogens is 312 g/mol. The number of para-hydroxylation sites is 3. The molecule has 4 nitrogen and oxygen atoms in total. The molecule has 0 amide bonds. The first kappa shape index (κ1) is 13.2. The van der Waals surface area contributed by atoms with Gasteiger partial charge in [-0.3, -0.25) is 4.57 Å². The van der Waals surface area contributed by atoms with Crippen LogP contribution in [0.5, 0.6) is 0 Å². The molecular formula is C16H12N4S2. The predicted molar refractivity (Wildman–Crippen MR) is 94.0 cm³/mol. The second-order valence-corrected chi connectivity index (χ2v) is 6.50. The summed E-state index contributed by atoms with van der Waals surface area (Å²) in [5, 5.41) is 0. The molecule has 4 rings (SSSR count). The van der Waals surface area contributed by atoms with E-state index in [1.54, 1.807) is 0 Å². The number of anilines is 1. The number of hydrogen-bond donors (Lipinski definition) is 2. The van der Waals surface area contributed by atoms with Gasteiger partial charge in [0.15, 0.2) is 9.78 Å². The molecule has 4 aromatic rings. The maximum Gasteiger partial charge on any atom is 0.168 e. The zero-order valence-electron chi connectivity index (χ0n) is 11.5. The summed E-state index contributed by atoms with van der Waals surface area (Å²) in [5.41, 5.74) is 9.21. The van der Waals surface area contributed by atoms with Crippen LogP contribution in [-0.2, 0) is 0 Å². The molecule has 108 valence electrons. The maximum atomic E-state index is 6.34. The Labute approximate surface area is 135 Å². The molecule has 3 N–H and O–H groups in total. The van der Waals surface area contributed by atoms with Crippen LogP contribution < -0.4 is 5.73 Å². The summed E-state index contributed by atoms with van der Waals surface area (Å²) in [7, 11) is 0. The third kappa shape index (κ3) is 2.04. The molecule has 0 saturated carbocycles. The van der Waals surface area contributed by atoms with Gasteiger partial charge in [0, 0.05) is 5.69 Å². The number of rotatable bonds is 2. The number of aromatic amines is 1. The number of nitrogens with two attached hydrogens (primary N) is 1. The molecule has 2 heterocycles. The predicted octanol–water partition coefficient (Wildman–Crippen LogP) is 4.39. The van der Waals surface area contributed by atoms with Crippen molar-refractivity contribution < 1.29 is 0 Å². The Balaban J connectivity index is 1.92. The van der Waals surface area contributed by atoms with Gasteiger partial charge in [0.25, 0.3) is 0 Å². The molecule has 0 aliphatic carbocycles. The summed E-state index contributed by atoms with van der Waals surface area (Å²) < 4.78 is 2.59. The Morgan fingerprint density at radius 2 is 1.77 bits per heavy atom. The molecule has 0 bridgehead atoms. The Kier molecular flexibility index (Phi) is 3.06. The van der Waals surface area contributed by atoms with Crippen LogP contribution in [0.3, 0.4) is 0 Å². The molecule has 6 heteroatoms. The van der Waals surface area contributed by atoms with Crippen molar-refractivity contribution in [3.05, 3.63) is 58.6 Å². The molecule has 0 spiro atoms. The highest BCUT2D eigenvalue weighted by Crippen LogP contribution is 2.34. The third-order valence-corrected chi connectivity index (χ3v) is 4.86. The highest BCUT2D eigenvalue weighted by atomic mass is 32.1. The van der Waals surface area contributed by atoms with E-state index in [2.05, 4.69) is 9.97 Å². The van der Waals surface area contributed by atoms with Crippen molar-refractivity contribution in [2.45, 2.75) is 0 Å². The molecule has 0 radical (unpaired) electrons. The van der Waals surface area contributed by atoms with Gasteiger partial charge in [-0.25, -0.2) is 4.98 Å². The number of nitrogen functional groups attached to an aromatic ring is 1. The number of fused-ring (bicyclic) bond motifs is 1. The van der Waals surface area contributed by atoms with Crippen LogP contribution in [0.4, 0.5) is 5.82 Å². The smallest absolute Gasteiger partial charge is 0.168 e. The summed E-state index contributed by atoms with van der Waals surface area (Å²) in [6.45, 7) is 0. The van der Waals surface area contributed by atoms with E-state index in [9.17, 15) is 0 Å². The van der Waals surface area contributed by atoms with E-state index in [0.717, 1.165) is 27.4 Å². The second kappa shape index (κ2) is 5.08. The van der Waals surface area contributed by atoms with Crippen molar-refractivity contribution in [2.24, 2.45) is 0 Å². The first-order chi connectivity index (χ1) is 10.7. The number of aromatic nitrogens is 3. The van der Waals surface area contributed by atoms with E-state index in [-0.39, 0.29) is 0 Å². The molecule has 2 aromatic heterocycles. The largest absolute Gasteiger partial charge is 0.383 e. The number of thiazole rings is 1. The fourth-order valence-corrected chi connectivity index (χ4v) is 3.75. The summed E-state index contributed by atoms with van der Waals surface area (Å²) in [6.07, 6.45) is 0. The molecule has 0 unspecified atom stereocenters. The quantitative estimate of drug-likeness (QED) is 0.537. The van der Waals surface area contributed by atoms with Crippen LogP contribution >= 0.6 is 23.6 Å². The topological polar surface area (TPSA) is 59.6 Å². The SMILES string of the molecule is Nc1c(-c2nc3ccccc3[nH]2)sc(=S)n1-c1ccccc1. The molecule has 0 fully saturated rings. The molecule has 22 heavy (non-hydrogen) atoms. The summed E-state index contributed by atoms with van der Waals surface area (Å²) in [5.74, 6) is 1.37. The minimum atomic E-state index is 0.611. The van der Waals surface area contributed by atoms with Gasteiger partial charge in [0.05, 0.1) is 11.0 Å². The average Bonchev–Trinajstić information content (AvgIpc) is 3.09. The Morgan fingerprint density at radius 1 is 1.05 bits per heavy atom. The fourth-order valence-electron chi connectivity index (χ4n) is 2.44. The van der Waals surface area contributed by atoms with Crippen LogP contribution in [0, 0.1) is 3.95 Å². The lowest BCUT2D eigenvalue weighted by molar-refractivity contribution is 1.08. The normalized spacial score (nSPS) is 11.1. The lowest BCUT2D eigenvalue weighted by atomic mass is 10.3. The molecule has 0 saturated heterocycles. The van der Waals surface area contributed by atoms with E-state index in [1.807, 2.05) is 59.2 Å². The molecule has 0 aliphatic heterocycles. The minimum Gasteiger partial charge on any atom is -0.383 e. The van der Waals surface area contributed by atoms with E-state index < -0.39 is 0 Å². The lowest BCUT2D eigenvalue weighted by Crippen LogP contribution is -2.00. The number of benzene rings is 2. The van der Waals surface area contributed by atoms with Gasteiger partial charge < -0.3 is 10.7 Å². The summed E-state index contributed by atoms with van der Waals surface area (Å²) in [4.78, 5) is 8.78. The zero-order valence-corrected chi connectivity index (χ0v) is 13.1.